The Balaban J connectivity index is 0.0000000989. The first-order chi connectivity index (χ1) is 61.6. The molecule has 0 bridgehead atoms. The van der Waals surface area contributed by atoms with E-state index in [9.17, 15) is 0 Å². The number of para-hydroxylation sites is 4. The van der Waals surface area contributed by atoms with Crippen molar-refractivity contribution in [2.75, 3.05) is 0 Å². The van der Waals surface area contributed by atoms with Crippen molar-refractivity contribution in [2.24, 2.45) is 0 Å². The van der Waals surface area contributed by atoms with Gasteiger partial charge in [-0.2, -0.15) is 0 Å². The van der Waals surface area contributed by atoms with Gasteiger partial charge in [-0.3, -0.25) is 0 Å². The van der Waals surface area contributed by atoms with Gasteiger partial charge in [-0.15, -0.1) is 11.3 Å². The van der Waals surface area contributed by atoms with Crippen molar-refractivity contribution in [1.82, 2.24) is 18.3 Å². The molecule has 0 spiro atoms. The molecule has 0 aliphatic rings. The average molecular weight is 1700 g/mol. The van der Waals surface area contributed by atoms with Crippen molar-refractivity contribution in [3.8, 4) is 78.4 Å². The maximum atomic E-state index is 6.27. The third kappa shape index (κ3) is 14.3. The molecule has 0 aliphatic heterocycles. The van der Waals surface area contributed by atoms with Crippen molar-refractivity contribution in [2.45, 2.75) is 0 Å². The molecule has 25 aromatic rings. The van der Waals surface area contributed by atoms with E-state index in [0.29, 0.717) is 0 Å². The van der Waals surface area contributed by atoms with Gasteiger partial charge in [0.15, 0.2) is 0 Å². The highest BCUT2D eigenvalue weighted by atomic mass is 35.5. The minimum atomic E-state index is 0.749. The van der Waals surface area contributed by atoms with Crippen molar-refractivity contribution in [3.63, 3.8) is 0 Å². The maximum absolute atomic E-state index is 6.27. The minimum Gasteiger partial charge on any atom is -0.309 e. The van der Waals surface area contributed by atoms with E-state index in [1.807, 2.05) is 72.0 Å². The fraction of sp³-hybridized carbons (Fsp3) is 0. The Kier molecular flexibility index (Phi) is 20.1. The average Bonchev–Trinajstić information content (AvgIpc) is 1.57. The van der Waals surface area contributed by atoms with Gasteiger partial charge < -0.3 is 18.3 Å². The van der Waals surface area contributed by atoms with Crippen molar-refractivity contribution < 1.29 is 0 Å². The first-order valence-corrected chi connectivity index (χ1v) is 44.2. The Hall–Kier alpha value is -14.5. The van der Waals surface area contributed by atoms with Gasteiger partial charge in [-0.1, -0.05) is 344 Å². The number of hydrogen-bond donors (Lipinski definition) is 0. The predicted molar refractivity (Wildman–Crippen MR) is 538 cm³/mol. The summed E-state index contributed by atoms with van der Waals surface area (Å²) in [5, 5.41) is 20.8. The van der Waals surface area contributed by atoms with Crippen LogP contribution in [0.2, 0.25) is 20.1 Å². The number of thiophene rings is 1. The number of nitrogens with zero attached hydrogens (tertiary/aromatic N) is 4. The van der Waals surface area contributed by atoms with Gasteiger partial charge in [-0.05, 0) is 223 Å². The molecule has 125 heavy (non-hydrogen) atoms. The topological polar surface area (TPSA) is 19.7 Å². The zero-order valence-electron chi connectivity index (χ0n) is 67.4. The van der Waals surface area contributed by atoms with E-state index >= 15 is 0 Å². The highest BCUT2D eigenvalue weighted by Crippen LogP contribution is 2.45. The van der Waals surface area contributed by atoms with Crippen LogP contribution in [0.15, 0.2) is 449 Å². The molecule has 5 aromatic heterocycles. The van der Waals surface area contributed by atoms with E-state index in [4.69, 9.17) is 46.4 Å². The van der Waals surface area contributed by atoms with Gasteiger partial charge in [0.05, 0.1) is 44.1 Å². The molecule has 0 aliphatic carbocycles. The molecule has 0 unspecified atom stereocenters. The first-order valence-electron chi connectivity index (χ1n) is 41.8. The molecule has 9 heteroatoms. The van der Waals surface area contributed by atoms with Crippen LogP contribution in [0.4, 0.5) is 0 Å². The zero-order chi connectivity index (χ0) is 83.6. The molecule has 0 saturated carbocycles. The van der Waals surface area contributed by atoms with Crippen molar-refractivity contribution in [1.29, 1.82) is 0 Å². The normalized spacial score (nSPS) is 11.5. The quantitative estimate of drug-likeness (QED) is 0.137. The molecule has 0 saturated heterocycles. The van der Waals surface area contributed by atoms with E-state index in [2.05, 4.69) is 407 Å². The summed E-state index contributed by atoms with van der Waals surface area (Å²) >= 11 is 26.6. The molecule has 0 atom stereocenters. The highest BCUT2D eigenvalue weighted by molar-refractivity contribution is 7.25. The maximum Gasteiger partial charge on any atom is 0.0619 e. The molecule has 5 heterocycles. The standard InChI is InChI=1S/C30H18ClNS.C30H20ClN.2C28H18ClN/c31-21-12-9-19(10-13-21)20-11-15-24-23-5-1-3-7-27(23)32(28(24)17-20)22-14-16-30-26(18-22)25-6-2-4-8-29(25)33-30;31-25-12-6-10-22(18-25)24-16-17-28-27-14-4-5-15-29(27)32(30(28)20-24)26-13-7-11-23(19-26)21-8-2-1-3-9-21;29-22-9-6-8-20(17-22)21-14-15-25-26-16-13-19-7-4-5-12-24(19)28(26)30(27(25)18-21)23-10-2-1-3-11-23;29-22-14-10-19(11-15-22)21-12-16-25-27(18-21)30(23-7-2-1-3-8-23)26-17-13-20-6-4-5-9-24(20)28(25)26/h1-18H;1-20H;2*1-18H. The lowest BCUT2D eigenvalue weighted by Gasteiger charge is -2.11. The van der Waals surface area contributed by atoms with Gasteiger partial charge in [0, 0.05) is 111 Å². The summed E-state index contributed by atoms with van der Waals surface area (Å²) in [6, 6.07) is 159. The van der Waals surface area contributed by atoms with Gasteiger partial charge in [0.1, 0.15) is 0 Å². The predicted octanol–water partition coefficient (Wildman–Crippen LogP) is 34.8. The summed E-state index contributed by atoms with van der Waals surface area (Å²) in [5.41, 5.74) is 26.1. The summed E-state index contributed by atoms with van der Waals surface area (Å²) in [6.45, 7) is 0. The number of hydrogen-bond acceptors (Lipinski definition) is 1. The van der Waals surface area contributed by atoms with Crippen LogP contribution in [0.5, 0.6) is 0 Å². The van der Waals surface area contributed by atoms with Crippen molar-refractivity contribution in [3.05, 3.63) is 469 Å². The molecular weight excluding hydrogens is 1620 g/mol. The smallest absolute Gasteiger partial charge is 0.0619 e. The number of aromatic nitrogens is 4. The van der Waals surface area contributed by atoms with Crippen LogP contribution in [0.25, 0.3) is 207 Å². The monoisotopic (exact) mass is 1690 g/mol. The summed E-state index contributed by atoms with van der Waals surface area (Å²) in [4.78, 5) is 0. The Morgan fingerprint density at radius 3 is 1.08 bits per heavy atom. The van der Waals surface area contributed by atoms with E-state index < -0.39 is 0 Å². The van der Waals surface area contributed by atoms with Gasteiger partial charge in [-0.25, -0.2) is 0 Å². The number of fused-ring (bicyclic) bond motifs is 19. The van der Waals surface area contributed by atoms with E-state index in [-0.39, 0.29) is 0 Å². The van der Waals surface area contributed by atoms with Crippen LogP contribution >= 0.6 is 57.7 Å². The Morgan fingerprint density at radius 2 is 0.512 bits per heavy atom. The largest absolute Gasteiger partial charge is 0.309 e. The van der Waals surface area contributed by atoms with E-state index in [1.54, 1.807) is 0 Å². The Labute approximate surface area is 746 Å². The fourth-order valence-corrected chi connectivity index (χ4v) is 20.1. The molecule has 0 N–H and O–H groups in total. The number of halogens is 4. The van der Waals surface area contributed by atoms with Gasteiger partial charge >= 0.3 is 0 Å². The molecule has 0 fully saturated rings. The summed E-state index contributed by atoms with van der Waals surface area (Å²) in [5.74, 6) is 0. The van der Waals surface area contributed by atoms with Crippen LogP contribution in [0, 0.1) is 0 Å². The lowest BCUT2D eigenvalue weighted by molar-refractivity contribution is 1.18. The third-order valence-corrected chi connectivity index (χ3v) is 26.3. The molecule has 20 aromatic carbocycles. The fourth-order valence-electron chi connectivity index (χ4n) is 18.4. The molecule has 4 nitrogen and oxygen atoms in total. The third-order valence-electron chi connectivity index (χ3n) is 24.2. The first kappa shape index (κ1) is 76.6. The van der Waals surface area contributed by atoms with Gasteiger partial charge in [0.25, 0.3) is 0 Å². The second-order valence-electron chi connectivity index (χ2n) is 31.6. The van der Waals surface area contributed by atoms with E-state index in [0.717, 1.165) is 64.8 Å². The SMILES string of the molecule is Clc1ccc(-c2ccc3c4c5ccccc5ccc4n(-c4ccccc4)c3c2)cc1.Clc1ccc(-c2ccc3c4ccccc4n(-c4ccc5sc6ccccc6c5c4)c3c2)cc1.Clc1cccc(-c2ccc3c4ccc5ccccc5c4n(-c4ccccc4)c3c2)c1.Clc1cccc(-c2ccc3c4ccccc4n(-c4cccc(-c5ccccc5)c4)c3c2)c1. The Bertz CT molecular complexity index is 8450. The second kappa shape index (κ2) is 32.7. The van der Waals surface area contributed by atoms with Crippen LogP contribution in [0.3, 0.4) is 0 Å². The molecule has 0 radical (unpaired) electrons. The van der Waals surface area contributed by atoms with Crippen LogP contribution < -0.4 is 0 Å². The van der Waals surface area contributed by atoms with Crippen molar-refractivity contribution >= 4 is 187 Å². The lowest BCUT2D eigenvalue weighted by Crippen LogP contribution is -1.94. The molecule has 25 rings (SSSR count). The summed E-state index contributed by atoms with van der Waals surface area (Å²) in [6.07, 6.45) is 0. The minimum absolute atomic E-state index is 0.749. The lowest BCUT2D eigenvalue weighted by atomic mass is 10.0. The highest BCUT2D eigenvalue weighted by Gasteiger charge is 2.22. The summed E-state index contributed by atoms with van der Waals surface area (Å²) < 4.78 is 12.2. The molecule has 0 amide bonds. The summed E-state index contributed by atoms with van der Waals surface area (Å²) in [7, 11) is 0. The van der Waals surface area contributed by atoms with Crippen LogP contribution in [0.1, 0.15) is 0 Å². The van der Waals surface area contributed by atoms with Gasteiger partial charge in [0.2, 0.25) is 0 Å². The Morgan fingerprint density at radius 1 is 0.160 bits per heavy atom. The molecular formula is C116H74Cl4N4S. The molecule has 592 valence electrons. The van der Waals surface area contributed by atoms with Crippen LogP contribution in [-0.2, 0) is 0 Å². The zero-order valence-corrected chi connectivity index (χ0v) is 71.3. The number of rotatable bonds is 9. The second-order valence-corrected chi connectivity index (χ2v) is 34.4. The van der Waals surface area contributed by atoms with Crippen LogP contribution in [-0.4, -0.2) is 18.3 Å². The number of benzene rings is 20. The van der Waals surface area contributed by atoms with E-state index in [1.165, 1.54) is 163 Å².